The Kier molecular flexibility index (Phi) is 5.64. The Morgan fingerprint density at radius 2 is 2.24 bits per heavy atom. The highest BCUT2D eigenvalue weighted by Gasteiger charge is 2.15. The molecule has 0 saturated heterocycles. The zero-order valence-corrected chi connectivity index (χ0v) is 14.2. The van der Waals surface area contributed by atoms with Crippen molar-refractivity contribution in [2.45, 2.75) is 13.5 Å². The molecule has 0 radical (unpaired) electrons. The van der Waals surface area contributed by atoms with Crippen molar-refractivity contribution in [3.05, 3.63) is 44.6 Å². The molecule has 0 spiro atoms. The normalized spacial score (nSPS) is 10.2. The Morgan fingerprint density at radius 1 is 1.43 bits per heavy atom. The van der Waals surface area contributed by atoms with Gasteiger partial charge in [0, 0.05) is 10.4 Å². The molecule has 0 aliphatic rings. The largest absolute Gasteiger partial charge is 0.493 e. The molecular weight excluding hydrogens is 354 g/mol. The first-order valence-electron chi connectivity index (χ1n) is 6.46. The van der Waals surface area contributed by atoms with Crippen LogP contribution >= 0.6 is 27.3 Å². The van der Waals surface area contributed by atoms with Crippen LogP contribution in [0.4, 0.5) is 0 Å². The fraction of sp³-hybridized carbons (Fsp3) is 0.267. The lowest BCUT2D eigenvalue weighted by atomic mass is 10.2. The lowest BCUT2D eigenvalue weighted by Gasteiger charge is -2.13. The summed E-state index contributed by atoms with van der Waals surface area (Å²) in [5.41, 5.74) is 0.527. The molecule has 4 nitrogen and oxygen atoms in total. The molecule has 1 aromatic carbocycles. The average molecular weight is 370 g/mol. The topological polar surface area (TPSA) is 47.6 Å². The van der Waals surface area contributed by atoms with Gasteiger partial charge in [0.2, 0.25) is 0 Å². The second-order valence-corrected chi connectivity index (χ2v) is 6.07. The minimum atomic E-state index is -0.148. The van der Waals surface area contributed by atoms with Crippen LogP contribution in [0.15, 0.2) is 34.1 Å². The summed E-state index contributed by atoms with van der Waals surface area (Å²) in [4.78, 5) is 13.3. The predicted octanol–water partition coefficient (Wildman–Crippen LogP) is 3.85. The molecule has 0 atom stereocenters. The van der Waals surface area contributed by atoms with Gasteiger partial charge in [-0.3, -0.25) is 4.79 Å². The summed E-state index contributed by atoms with van der Waals surface area (Å²) in [6.07, 6.45) is 0. The van der Waals surface area contributed by atoms with Gasteiger partial charge in [-0.25, -0.2) is 0 Å². The Hall–Kier alpha value is -1.53. The molecule has 0 aliphatic heterocycles. The van der Waals surface area contributed by atoms with Gasteiger partial charge in [-0.1, -0.05) is 6.07 Å². The second-order valence-electron chi connectivity index (χ2n) is 4.18. The third kappa shape index (κ3) is 3.98. The van der Waals surface area contributed by atoms with E-state index in [1.807, 2.05) is 24.4 Å². The summed E-state index contributed by atoms with van der Waals surface area (Å²) in [5.74, 6) is 0.993. The molecule has 0 unspecified atom stereocenters. The molecule has 1 amide bonds. The fourth-order valence-electron chi connectivity index (χ4n) is 1.82. The van der Waals surface area contributed by atoms with Gasteiger partial charge in [0.15, 0.2) is 11.5 Å². The van der Waals surface area contributed by atoms with E-state index in [4.69, 9.17) is 9.47 Å². The molecule has 2 rings (SSSR count). The molecule has 21 heavy (non-hydrogen) atoms. The van der Waals surface area contributed by atoms with Gasteiger partial charge < -0.3 is 14.8 Å². The Labute approximate surface area is 136 Å². The quantitative estimate of drug-likeness (QED) is 0.840. The number of hydrogen-bond acceptors (Lipinski definition) is 4. The van der Waals surface area contributed by atoms with Gasteiger partial charge >= 0.3 is 0 Å². The average Bonchev–Trinajstić information content (AvgIpc) is 3.00. The molecule has 0 fully saturated rings. The molecule has 0 aliphatic carbocycles. The first-order chi connectivity index (χ1) is 10.2. The number of halogens is 1. The monoisotopic (exact) mass is 369 g/mol. The third-order valence-electron chi connectivity index (χ3n) is 2.78. The van der Waals surface area contributed by atoms with E-state index in [2.05, 4.69) is 21.2 Å². The van der Waals surface area contributed by atoms with Gasteiger partial charge in [-0.05, 0) is 46.4 Å². The van der Waals surface area contributed by atoms with Gasteiger partial charge in [0.25, 0.3) is 5.91 Å². The number of carbonyl (C=O) groups excluding carboxylic acids is 1. The number of nitrogens with one attached hydrogen (secondary N) is 1. The third-order valence-corrected chi connectivity index (χ3v) is 4.25. The van der Waals surface area contributed by atoms with E-state index in [1.165, 1.54) is 0 Å². The molecule has 1 heterocycles. The van der Waals surface area contributed by atoms with E-state index in [-0.39, 0.29) is 5.91 Å². The summed E-state index contributed by atoms with van der Waals surface area (Å²) in [6, 6.07) is 7.36. The van der Waals surface area contributed by atoms with E-state index >= 15 is 0 Å². The highest BCUT2D eigenvalue weighted by molar-refractivity contribution is 9.10. The molecule has 1 aromatic heterocycles. The zero-order chi connectivity index (χ0) is 15.2. The van der Waals surface area contributed by atoms with Crippen LogP contribution in [0.2, 0.25) is 0 Å². The van der Waals surface area contributed by atoms with Crippen LogP contribution in [0.1, 0.15) is 22.2 Å². The van der Waals surface area contributed by atoms with Crippen molar-refractivity contribution < 1.29 is 14.3 Å². The first-order valence-corrected chi connectivity index (χ1v) is 8.14. The summed E-state index contributed by atoms with van der Waals surface area (Å²) in [6.45, 7) is 2.94. The van der Waals surface area contributed by atoms with Crippen LogP contribution in [-0.2, 0) is 6.54 Å². The number of ether oxygens (including phenoxy) is 2. The highest BCUT2D eigenvalue weighted by Crippen LogP contribution is 2.36. The maximum Gasteiger partial charge on any atom is 0.251 e. The van der Waals surface area contributed by atoms with E-state index in [9.17, 15) is 4.79 Å². The number of carbonyl (C=O) groups is 1. The number of amides is 1. The molecule has 0 saturated carbocycles. The fourth-order valence-corrected chi connectivity index (χ4v) is 3.02. The second kappa shape index (κ2) is 7.47. The van der Waals surface area contributed by atoms with Gasteiger partial charge in [-0.2, -0.15) is 0 Å². The highest BCUT2D eigenvalue weighted by atomic mass is 79.9. The zero-order valence-electron chi connectivity index (χ0n) is 11.8. The number of thiophene rings is 1. The van der Waals surface area contributed by atoms with Crippen LogP contribution in [0, 0.1) is 0 Å². The Balaban J connectivity index is 2.15. The van der Waals surface area contributed by atoms with E-state index < -0.39 is 0 Å². The minimum Gasteiger partial charge on any atom is -0.493 e. The number of benzene rings is 1. The van der Waals surface area contributed by atoms with Gasteiger partial charge in [0.05, 0.1) is 24.7 Å². The van der Waals surface area contributed by atoms with Crippen molar-refractivity contribution in [2.75, 3.05) is 13.7 Å². The maximum absolute atomic E-state index is 12.2. The van der Waals surface area contributed by atoms with E-state index in [0.29, 0.717) is 34.7 Å². The van der Waals surface area contributed by atoms with Gasteiger partial charge in [0.1, 0.15) is 0 Å². The summed E-state index contributed by atoms with van der Waals surface area (Å²) < 4.78 is 11.5. The lowest BCUT2D eigenvalue weighted by Crippen LogP contribution is -2.22. The van der Waals surface area contributed by atoms with Crippen molar-refractivity contribution in [1.29, 1.82) is 0 Å². The molecular formula is C15H16BrNO3S. The van der Waals surface area contributed by atoms with Crippen LogP contribution < -0.4 is 14.8 Å². The van der Waals surface area contributed by atoms with E-state index in [0.717, 1.165) is 4.88 Å². The standard InChI is InChI=1S/C15H16BrNO3S/c1-3-20-14-12(16)7-10(8-13(14)19-2)15(18)17-9-11-5-4-6-21-11/h4-8H,3,9H2,1-2H3,(H,17,18). The van der Waals surface area contributed by atoms with Crippen LogP contribution in [0.5, 0.6) is 11.5 Å². The molecule has 0 bridgehead atoms. The maximum atomic E-state index is 12.2. The smallest absolute Gasteiger partial charge is 0.251 e. The first kappa shape index (κ1) is 15.9. The SMILES string of the molecule is CCOc1c(Br)cc(C(=O)NCc2cccs2)cc1OC. The van der Waals surface area contributed by atoms with E-state index in [1.54, 1.807) is 30.6 Å². The lowest BCUT2D eigenvalue weighted by molar-refractivity contribution is 0.0951. The van der Waals surface area contributed by atoms with Crippen LogP contribution in [0.3, 0.4) is 0 Å². The Morgan fingerprint density at radius 3 is 2.86 bits per heavy atom. The van der Waals surface area contributed by atoms with Crippen molar-refractivity contribution in [1.82, 2.24) is 5.32 Å². The van der Waals surface area contributed by atoms with Crippen molar-refractivity contribution in [2.24, 2.45) is 0 Å². The predicted molar refractivity (Wildman–Crippen MR) is 87.4 cm³/mol. The van der Waals surface area contributed by atoms with Crippen LogP contribution in [-0.4, -0.2) is 19.6 Å². The summed E-state index contributed by atoms with van der Waals surface area (Å²) >= 11 is 5.03. The van der Waals surface area contributed by atoms with Crippen molar-refractivity contribution in [3.8, 4) is 11.5 Å². The van der Waals surface area contributed by atoms with Crippen molar-refractivity contribution >= 4 is 33.2 Å². The van der Waals surface area contributed by atoms with Crippen LogP contribution in [0.25, 0.3) is 0 Å². The number of methoxy groups -OCH3 is 1. The molecule has 112 valence electrons. The van der Waals surface area contributed by atoms with Gasteiger partial charge in [-0.15, -0.1) is 11.3 Å². The van der Waals surface area contributed by atoms with Crippen molar-refractivity contribution in [3.63, 3.8) is 0 Å². The molecule has 1 N–H and O–H groups in total. The Bertz CT molecular complexity index is 614. The number of hydrogen-bond donors (Lipinski definition) is 1. The number of rotatable bonds is 6. The summed E-state index contributed by atoms with van der Waals surface area (Å²) in [5, 5.41) is 4.87. The summed E-state index contributed by atoms with van der Waals surface area (Å²) in [7, 11) is 1.55. The molecule has 2 aromatic rings. The minimum absolute atomic E-state index is 0.148. The molecule has 6 heteroatoms.